The maximum Gasteiger partial charge on any atom is 0.193 e. The van der Waals surface area contributed by atoms with Crippen LogP contribution in [0, 0.1) is 29.6 Å². The van der Waals surface area contributed by atoms with Crippen LogP contribution in [0.25, 0.3) is 0 Å². The first-order chi connectivity index (χ1) is 5.09. The zero-order valence-electron chi connectivity index (χ0n) is 5.93. The lowest BCUT2D eigenvalue weighted by Crippen LogP contribution is -2.22. The summed E-state index contributed by atoms with van der Waals surface area (Å²) in [6.07, 6.45) is 2.68. The van der Waals surface area contributed by atoms with Crippen LogP contribution in [0.1, 0.15) is 12.8 Å². The van der Waals surface area contributed by atoms with Crippen molar-refractivity contribution in [1.29, 1.82) is 0 Å². The minimum atomic E-state index is -0.977. The van der Waals surface area contributed by atoms with E-state index in [-0.39, 0.29) is 0 Å². The Hall–Kier alpha value is 0.870. The van der Waals surface area contributed by atoms with Gasteiger partial charge in [-0.3, -0.25) is 0 Å². The lowest BCUT2D eigenvalue weighted by molar-refractivity contribution is 0.419. The number of hydrogen-bond donors (Lipinski definition) is 0. The van der Waals surface area contributed by atoms with Gasteiger partial charge in [-0.05, 0) is 36.5 Å². The second-order valence-electron chi connectivity index (χ2n) is 4.20. The van der Waals surface area contributed by atoms with E-state index in [1.54, 1.807) is 0 Å². The molecule has 0 aliphatic heterocycles. The molecular formula is C8H9Cl3. The standard InChI is InChI=1S/C8H9Cl3/c9-8(10,11)7-3-1-4-5(2-3)6(4)7/h3-7H,1-2H2. The average Bonchev–Trinajstić information content (AvgIpc) is 2.35. The summed E-state index contributed by atoms with van der Waals surface area (Å²) in [6, 6.07) is 0. The van der Waals surface area contributed by atoms with Gasteiger partial charge in [0.1, 0.15) is 0 Å². The Labute approximate surface area is 81.2 Å². The summed E-state index contributed by atoms with van der Waals surface area (Å²) in [4.78, 5) is 0. The second kappa shape index (κ2) is 1.86. The number of alkyl halides is 3. The van der Waals surface area contributed by atoms with Crippen LogP contribution in [0.15, 0.2) is 0 Å². The Bertz CT molecular complexity index is 194. The van der Waals surface area contributed by atoms with E-state index in [0.29, 0.717) is 5.92 Å². The molecule has 0 N–H and O–H groups in total. The van der Waals surface area contributed by atoms with E-state index in [9.17, 15) is 0 Å². The summed E-state index contributed by atoms with van der Waals surface area (Å²) >= 11 is 17.7. The third-order valence-corrected chi connectivity index (χ3v) is 4.60. The van der Waals surface area contributed by atoms with Crippen LogP contribution in [-0.4, -0.2) is 3.79 Å². The van der Waals surface area contributed by atoms with Crippen molar-refractivity contribution in [1.82, 2.24) is 0 Å². The molecule has 4 aliphatic carbocycles. The molecule has 0 spiro atoms. The largest absolute Gasteiger partial charge is 0.193 e. The monoisotopic (exact) mass is 210 g/mol. The van der Waals surface area contributed by atoms with E-state index < -0.39 is 3.79 Å². The van der Waals surface area contributed by atoms with Crippen LogP contribution in [-0.2, 0) is 0 Å². The first-order valence-electron chi connectivity index (χ1n) is 4.16. The van der Waals surface area contributed by atoms with Gasteiger partial charge in [-0.2, -0.15) is 0 Å². The number of halogens is 3. The molecule has 4 aliphatic rings. The molecule has 62 valence electrons. The summed E-state index contributed by atoms with van der Waals surface area (Å²) in [5, 5.41) is 0. The van der Waals surface area contributed by atoms with Crippen LogP contribution in [0.3, 0.4) is 0 Å². The van der Waals surface area contributed by atoms with Gasteiger partial charge in [-0.15, -0.1) is 0 Å². The van der Waals surface area contributed by atoms with Crippen LogP contribution < -0.4 is 0 Å². The van der Waals surface area contributed by atoms with E-state index in [2.05, 4.69) is 0 Å². The predicted octanol–water partition coefficient (Wildman–Crippen LogP) is 3.26. The van der Waals surface area contributed by atoms with Crippen molar-refractivity contribution in [3.8, 4) is 0 Å². The third-order valence-electron chi connectivity index (χ3n) is 3.85. The van der Waals surface area contributed by atoms with Crippen molar-refractivity contribution in [2.24, 2.45) is 29.6 Å². The summed E-state index contributed by atoms with van der Waals surface area (Å²) in [7, 11) is 0. The first kappa shape index (κ1) is 7.29. The lowest BCUT2D eigenvalue weighted by atomic mass is 10.0. The molecule has 0 aromatic rings. The summed E-state index contributed by atoms with van der Waals surface area (Å²) in [6.45, 7) is 0. The molecular weight excluding hydrogens is 202 g/mol. The van der Waals surface area contributed by atoms with Gasteiger partial charge in [0.15, 0.2) is 3.79 Å². The van der Waals surface area contributed by atoms with Crippen molar-refractivity contribution >= 4 is 34.8 Å². The molecule has 4 rings (SSSR count). The van der Waals surface area contributed by atoms with Crippen molar-refractivity contribution in [3.63, 3.8) is 0 Å². The van der Waals surface area contributed by atoms with Gasteiger partial charge in [-0.1, -0.05) is 34.8 Å². The van der Waals surface area contributed by atoms with Crippen molar-refractivity contribution in [2.45, 2.75) is 16.6 Å². The van der Waals surface area contributed by atoms with Crippen LogP contribution in [0.4, 0.5) is 0 Å². The van der Waals surface area contributed by atoms with Crippen LogP contribution in [0.2, 0.25) is 0 Å². The molecule has 0 amide bonds. The van der Waals surface area contributed by atoms with E-state index in [1.807, 2.05) is 0 Å². The summed E-state index contributed by atoms with van der Waals surface area (Å²) in [5.41, 5.74) is 0. The predicted molar refractivity (Wildman–Crippen MR) is 47.0 cm³/mol. The molecule has 11 heavy (non-hydrogen) atoms. The Balaban J connectivity index is 1.92. The van der Waals surface area contributed by atoms with E-state index in [4.69, 9.17) is 34.8 Å². The van der Waals surface area contributed by atoms with Gasteiger partial charge >= 0.3 is 0 Å². The van der Waals surface area contributed by atoms with E-state index in [0.717, 1.165) is 23.7 Å². The van der Waals surface area contributed by atoms with Gasteiger partial charge < -0.3 is 0 Å². The highest BCUT2D eigenvalue weighted by Crippen LogP contribution is 2.76. The highest BCUT2D eigenvalue weighted by molar-refractivity contribution is 6.67. The average molecular weight is 212 g/mol. The molecule has 4 bridgehead atoms. The molecule has 0 aromatic carbocycles. The molecule has 0 heterocycles. The molecule has 0 saturated heterocycles. The van der Waals surface area contributed by atoms with E-state index >= 15 is 0 Å². The summed E-state index contributed by atoms with van der Waals surface area (Å²) < 4.78 is -0.977. The Morgan fingerprint density at radius 1 is 1.00 bits per heavy atom. The molecule has 0 aromatic heterocycles. The first-order valence-corrected chi connectivity index (χ1v) is 5.29. The maximum atomic E-state index is 5.91. The van der Waals surface area contributed by atoms with Crippen LogP contribution in [0.5, 0.6) is 0 Å². The third kappa shape index (κ3) is 0.792. The smallest absolute Gasteiger partial charge is 0.0834 e. The summed E-state index contributed by atoms with van der Waals surface area (Å²) in [5.74, 6) is 3.80. The lowest BCUT2D eigenvalue weighted by Gasteiger charge is -2.22. The Morgan fingerprint density at radius 2 is 1.55 bits per heavy atom. The minimum Gasteiger partial charge on any atom is -0.0834 e. The molecule has 0 nitrogen and oxygen atoms in total. The number of rotatable bonds is 0. The van der Waals surface area contributed by atoms with Gasteiger partial charge in [0.2, 0.25) is 0 Å². The maximum absolute atomic E-state index is 5.91. The van der Waals surface area contributed by atoms with Gasteiger partial charge in [0, 0.05) is 5.92 Å². The fraction of sp³-hybridized carbons (Fsp3) is 1.00. The number of hydrogen-bond acceptors (Lipinski definition) is 0. The molecule has 3 unspecified atom stereocenters. The SMILES string of the molecule is ClC(Cl)(Cl)C1C2CC3C(C2)C31. The zero-order valence-corrected chi connectivity index (χ0v) is 8.20. The van der Waals surface area contributed by atoms with Gasteiger partial charge in [-0.25, -0.2) is 0 Å². The van der Waals surface area contributed by atoms with Crippen molar-refractivity contribution in [2.75, 3.05) is 0 Å². The molecule has 4 fully saturated rings. The molecule has 3 atom stereocenters. The van der Waals surface area contributed by atoms with Gasteiger partial charge in [0.25, 0.3) is 0 Å². The van der Waals surface area contributed by atoms with Crippen LogP contribution >= 0.6 is 34.8 Å². The highest BCUT2D eigenvalue weighted by Gasteiger charge is 2.71. The fourth-order valence-electron chi connectivity index (χ4n) is 3.56. The Kier molecular flexibility index (Phi) is 1.23. The minimum absolute atomic E-state index is 0.391. The molecule has 0 radical (unpaired) electrons. The molecule has 3 heteroatoms. The van der Waals surface area contributed by atoms with E-state index in [1.165, 1.54) is 12.8 Å². The Morgan fingerprint density at radius 3 is 1.73 bits per heavy atom. The highest BCUT2D eigenvalue weighted by atomic mass is 35.6. The zero-order chi connectivity index (χ0) is 7.80. The topological polar surface area (TPSA) is 0 Å². The second-order valence-corrected chi connectivity index (χ2v) is 6.57. The normalized spacial score (nSPS) is 58.6. The fourth-order valence-corrected chi connectivity index (χ4v) is 4.53. The van der Waals surface area contributed by atoms with Gasteiger partial charge in [0.05, 0.1) is 0 Å². The van der Waals surface area contributed by atoms with Crippen molar-refractivity contribution in [3.05, 3.63) is 0 Å². The molecule has 4 saturated carbocycles. The van der Waals surface area contributed by atoms with Crippen molar-refractivity contribution < 1.29 is 0 Å². The quantitative estimate of drug-likeness (QED) is 0.540.